The lowest BCUT2D eigenvalue weighted by atomic mass is 10.3. The van der Waals surface area contributed by atoms with E-state index in [-0.39, 0.29) is 5.91 Å². The van der Waals surface area contributed by atoms with E-state index in [1.807, 2.05) is 0 Å². The van der Waals surface area contributed by atoms with Gasteiger partial charge in [-0.2, -0.15) is 0 Å². The lowest BCUT2D eigenvalue weighted by Crippen LogP contribution is -2.24. The number of amides is 1. The summed E-state index contributed by atoms with van der Waals surface area (Å²) >= 11 is 0. The normalized spacial score (nSPS) is 9.88. The summed E-state index contributed by atoms with van der Waals surface area (Å²) in [6.45, 7) is 0.341. The fraction of sp³-hybridized carbons (Fsp3) is 0.0909. The second-order valence-electron chi connectivity index (χ2n) is 3.36. The molecule has 0 radical (unpaired) electrons. The predicted octanol–water partition coefficient (Wildman–Crippen LogP) is 0.384. The third kappa shape index (κ3) is 2.97. The van der Waals surface area contributed by atoms with Crippen LogP contribution in [-0.4, -0.2) is 20.9 Å². The van der Waals surface area contributed by atoms with Crippen LogP contribution in [0.4, 0.5) is 5.69 Å². The second kappa shape index (κ2) is 5.02. The van der Waals surface area contributed by atoms with Gasteiger partial charge in [-0.1, -0.05) is 0 Å². The standard InChI is InChI=1S/C11H11N5O/c12-8-1-2-10(14-5-8)11(17)15-6-9-3-4-13-7-16-9/h1-5,7H,6,12H2,(H,15,17). The summed E-state index contributed by atoms with van der Waals surface area (Å²) in [5, 5.41) is 2.70. The van der Waals surface area contributed by atoms with E-state index in [0.717, 1.165) is 5.69 Å². The van der Waals surface area contributed by atoms with E-state index in [0.29, 0.717) is 17.9 Å². The average molecular weight is 229 g/mol. The summed E-state index contributed by atoms with van der Waals surface area (Å²) < 4.78 is 0. The Morgan fingerprint density at radius 2 is 2.18 bits per heavy atom. The monoisotopic (exact) mass is 229 g/mol. The molecule has 2 aromatic heterocycles. The molecule has 0 bridgehead atoms. The number of hydrogen-bond donors (Lipinski definition) is 2. The van der Waals surface area contributed by atoms with Gasteiger partial charge < -0.3 is 11.1 Å². The predicted molar refractivity (Wildman–Crippen MR) is 61.9 cm³/mol. The molecule has 0 aliphatic heterocycles. The van der Waals surface area contributed by atoms with Crippen molar-refractivity contribution >= 4 is 11.6 Å². The number of nitrogens with one attached hydrogen (secondary N) is 1. The highest BCUT2D eigenvalue weighted by atomic mass is 16.1. The highest BCUT2D eigenvalue weighted by Gasteiger charge is 2.06. The van der Waals surface area contributed by atoms with Crippen LogP contribution in [0.3, 0.4) is 0 Å². The van der Waals surface area contributed by atoms with Crippen molar-refractivity contribution in [1.82, 2.24) is 20.3 Å². The summed E-state index contributed by atoms with van der Waals surface area (Å²) in [5.41, 5.74) is 7.07. The molecule has 0 aliphatic rings. The first kappa shape index (κ1) is 11.0. The van der Waals surface area contributed by atoms with E-state index >= 15 is 0 Å². The summed E-state index contributed by atoms with van der Waals surface area (Å²) in [6, 6.07) is 4.94. The molecule has 0 saturated heterocycles. The van der Waals surface area contributed by atoms with Gasteiger partial charge in [0, 0.05) is 6.20 Å². The first-order valence-electron chi connectivity index (χ1n) is 5.00. The Bertz CT molecular complexity index is 497. The molecule has 0 fully saturated rings. The molecular formula is C11H11N5O. The molecule has 0 aromatic carbocycles. The smallest absolute Gasteiger partial charge is 0.270 e. The number of hydrogen-bond acceptors (Lipinski definition) is 5. The van der Waals surface area contributed by atoms with Gasteiger partial charge in [-0.3, -0.25) is 4.79 Å². The SMILES string of the molecule is Nc1ccc(C(=O)NCc2ccncn2)nc1. The minimum atomic E-state index is -0.261. The minimum Gasteiger partial charge on any atom is -0.397 e. The zero-order chi connectivity index (χ0) is 12.1. The average Bonchev–Trinajstić information content (AvgIpc) is 2.38. The van der Waals surface area contributed by atoms with E-state index < -0.39 is 0 Å². The highest BCUT2D eigenvalue weighted by Crippen LogP contribution is 2.01. The Hall–Kier alpha value is -2.50. The molecule has 1 amide bonds. The van der Waals surface area contributed by atoms with Crippen molar-refractivity contribution < 1.29 is 4.79 Å². The van der Waals surface area contributed by atoms with E-state index in [4.69, 9.17) is 5.73 Å². The number of nitrogen functional groups attached to an aromatic ring is 1. The molecule has 0 saturated carbocycles. The quantitative estimate of drug-likeness (QED) is 0.793. The third-order valence-corrected chi connectivity index (χ3v) is 2.09. The van der Waals surface area contributed by atoms with Crippen molar-refractivity contribution in [2.75, 3.05) is 5.73 Å². The van der Waals surface area contributed by atoms with E-state index in [1.165, 1.54) is 12.5 Å². The highest BCUT2D eigenvalue weighted by molar-refractivity contribution is 5.92. The first-order valence-corrected chi connectivity index (χ1v) is 5.00. The van der Waals surface area contributed by atoms with Crippen LogP contribution in [0.1, 0.15) is 16.2 Å². The molecule has 3 N–H and O–H groups in total. The first-order chi connectivity index (χ1) is 8.25. The summed E-state index contributed by atoms with van der Waals surface area (Å²) in [7, 11) is 0. The zero-order valence-electron chi connectivity index (χ0n) is 9.00. The minimum absolute atomic E-state index is 0.261. The van der Waals surface area contributed by atoms with Crippen molar-refractivity contribution in [3.8, 4) is 0 Å². The van der Waals surface area contributed by atoms with Gasteiger partial charge in [-0.25, -0.2) is 15.0 Å². The number of pyridine rings is 1. The number of nitrogens with zero attached hydrogens (tertiary/aromatic N) is 3. The Morgan fingerprint density at radius 3 is 2.82 bits per heavy atom. The van der Waals surface area contributed by atoms with Crippen molar-refractivity contribution in [1.29, 1.82) is 0 Å². The van der Waals surface area contributed by atoms with E-state index in [9.17, 15) is 4.79 Å². The largest absolute Gasteiger partial charge is 0.397 e. The second-order valence-corrected chi connectivity index (χ2v) is 3.36. The fourth-order valence-electron chi connectivity index (χ4n) is 1.22. The Kier molecular flexibility index (Phi) is 3.25. The lowest BCUT2D eigenvalue weighted by Gasteiger charge is -2.03. The van der Waals surface area contributed by atoms with Crippen molar-refractivity contribution in [2.45, 2.75) is 6.54 Å². The van der Waals surface area contributed by atoms with Gasteiger partial charge in [0.25, 0.3) is 5.91 Å². The van der Waals surface area contributed by atoms with Crippen LogP contribution in [-0.2, 0) is 6.54 Å². The number of rotatable bonds is 3. The van der Waals surface area contributed by atoms with Crippen LogP contribution in [0.5, 0.6) is 0 Å². The molecule has 2 heterocycles. The topological polar surface area (TPSA) is 93.8 Å². The molecule has 0 aliphatic carbocycles. The molecule has 0 atom stereocenters. The molecule has 6 nitrogen and oxygen atoms in total. The maximum atomic E-state index is 11.7. The summed E-state index contributed by atoms with van der Waals surface area (Å²) in [6.07, 6.45) is 4.50. The molecule has 2 rings (SSSR count). The van der Waals surface area contributed by atoms with Crippen LogP contribution < -0.4 is 11.1 Å². The van der Waals surface area contributed by atoms with Gasteiger partial charge in [0.2, 0.25) is 0 Å². The van der Waals surface area contributed by atoms with E-state index in [1.54, 1.807) is 24.4 Å². The molecule has 0 spiro atoms. The number of aromatic nitrogens is 3. The van der Waals surface area contributed by atoms with Gasteiger partial charge in [-0.05, 0) is 18.2 Å². The summed E-state index contributed by atoms with van der Waals surface area (Å²) in [5.74, 6) is -0.261. The van der Waals surface area contributed by atoms with Gasteiger partial charge in [0.1, 0.15) is 12.0 Å². The molecular weight excluding hydrogens is 218 g/mol. The van der Waals surface area contributed by atoms with Crippen molar-refractivity contribution in [3.05, 3.63) is 48.3 Å². The maximum Gasteiger partial charge on any atom is 0.270 e. The van der Waals surface area contributed by atoms with Gasteiger partial charge in [0.05, 0.1) is 24.1 Å². The fourth-order valence-corrected chi connectivity index (χ4v) is 1.22. The number of nitrogens with two attached hydrogens (primary N) is 1. The zero-order valence-corrected chi connectivity index (χ0v) is 9.00. The summed E-state index contributed by atoms with van der Waals surface area (Å²) in [4.78, 5) is 23.4. The lowest BCUT2D eigenvalue weighted by molar-refractivity contribution is 0.0945. The third-order valence-electron chi connectivity index (χ3n) is 2.09. The Labute approximate surface area is 97.9 Å². The van der Waals surface area contributed by atoms with Crippen LogP contribution in [0.25, 0.3) is 0 Å². The number of carbonyl (C=O) groups is 1. The Morgan fingerprint density at radius 1 is 1.29 bits per heavy atom. The Balaban J connectivity index is 1.96. The van der Waals surface area contributed by atoms with Crippen LogP contribution in [0.15, 0.2) is 36.9 Å². The maximum absolute atomic E-state index is 11.7. The van der Waals surface area contributed by atoms with Crippen molar-refractivity contribution in [3.63, 3.8) is 0 Å². The van der Waals surface area contributed by atoms with Crippen LogP contribution in [0, 0.1) is 0 Å². The van der Waals surface area contributed by atoms with Crippen molar-refractivity contribution in [2.24, 2.45) is 0 Å². The van der Waals surface area contributed by atoms with Crippen LogP contribution >= 0.6 is 0 Å². The molecule has 86 valence electrons. The van der Waals surface area contributed by atoms with Gasteiger partial charge in [-0.15, -0.1) is 0 Å². The molecule has 17 heavy (non-hydrogen) atoms. The number of anilines is 1. The van der Waals surface area contributed by atoms with Gasteiger partial charge in [0.15, 0.2) is 0 Å². The van der Waals surface area contributed by atoms with E-state index in [2.05, 4.69) is 20.3 Å². The molecule has 2 aromatic rings. The van der Waals surface area contributed by atoms with Gasteiger partial charge >= 0.3 is 0 Å². The molecule has 6 heteroatoms. The number of carbonyl (C=O) groups excluding carboxylic acids is 1. The molecule has 0 unspecified atom stereocenters. The van der Waals surface area contributed by atoms with Crippen LogP contribution in [0.2, 0.25) is 0 Å².